The van der Waals surface area contributed by atoms with Gasteiger partial charge in [0.1, 0.15) is 17.7 Å². The summed E-state index contributed by atoms with van der Waals surface area (Å²) < 4.78 is 10.8. The summed E-state index contributed by atoms with van der Waals surface area (Å²) in [6, 6.07) is 8.55. The molecule has 3 N–H and O–H groups in total. The zero-order chi connectivity index (χ0) is 31.2. The molecule has 0 aliphatic carbocycles. The van der Waals surface area contributed by atoms with E-state index in [0.29, 0.717) is 55.6 Å². The van der Waals surface area contributed by atoms with E-state index in [1.807, 2.05) is 38.1 Å². The molecule has 234 valence electrons. The molecular weight excluding hydrogens is 582 g/mol. The number of halogens is 1. The van der Waals surface area contributed by atoms with Crippen LogP contribution in [0.3, 0.4) is 0 Å². The minimum absolute atomic E-state index is 0.197. The lowest BCUT2D eigenvalue weighted by Crippen LogP contribution is -2.45. The van der Waals surface area contributed by atoms with E-state index in [9.17, 15) is 9.59 Å². The van der Waals surface area contributed by atoms with Gasteiger partial charge in [-0.15, -0.1) is 0 Å². The molecule has 2 atom stereocenters. The molecule has 12 heteroatoms. The topological polar surface area (TPSA) is 135 Å². The predicted molar refractivity (Wildman–Crippen MR) is 172 cm³/mol. The lowest BCUT2D eigenvalue weighted by molar-refractivity contribution is -0.125. The highest BCUT2D eigenvalue weighted by molar-refractivity contribution is 6.42. The average molecular weight is 622 g/mol. The highest BCUT2D eigenvalue weighted by Crippen LogP contribution is 2.29. The van der Waals surface area contributed by atoms with E-state index in [2.05, 4.69) is 25.2 Å². The number of amidine groups is 1. The van der Waals surface area contributed by atoms with Crippen LogP contribution in [0.2, 0.25) is 0 Å². The number of amides is 2. The molecule has 0 unspecified atom stereocenters. The van der Waals surface area contributed by atoms with Gasteiger partial charge in [-0.05, 0) is 68.5 Å². The van der Waals surface area contributed by atoms with Crippen molar-refractivity contribution in [3.63, 3.8) is 0 Å². The number of allylic oxidation sites excluding steroid dienone is 1. The first-order chi connectivity index (χ1) is 21.2. The van der Waals surface area contributed by atoms with Gasteiger partial charge < -0.3 is 30.3 Å². The molecule has 3 aliphatic heterocycles. The number of ether oxygens (including phenoxy) is 2. The number of hydrogen-bond acceptors (Lipinski definition) is 8. The number of fused-ring (bicyclic) bond motifs is 1. The van der Waals surface area contributed by atoms with Crippen molar-refractivity contribution in [2.24, 2.45) is 15.7 Å². The molecule has 2 saturated heterocycles. The molecule has 2 amide bonds. The second-order valence-corrected chi connectivity index (χ2v) is 11.7. The second-order valence-electron chi connectivity index (χ2n) is 11.3. The number of aromatic nitrogens is 1. The SMILES string of the molecule is CC(N=CC(Cl)=C(N)c1ccc2c(c1)C(=O)N([C@H](C)C(=O)N[C@H](C)c1ccnc(N3CCOCC3)c1)C2)=NC1CCOCC1. The van der Waals surface area contributed by atoms with Crippen molar-refractivity contribution in [2.75, 3.05) is 44.4 Å². The van der Waals surface area contributed by atoms with Crippen molar-refractivity contribution in [2.45, 2.75) is 58.3 Å². The Morgan fingerprint density at radius 3 is 2.61 bits per heavy atom. The third-order valence-electron chi connectivity index (χ3n) is 8.25. The minimum atomic E-state index is -0.678. The van der Waals surface area contributed by atoms with E-state index in [0.717, 1.165) is 42.9 Å². The van der Waals surface area contributed by atoms with E-state index in [1.165, 1.54) is 6.21 Å². The van der Waals surface area contributed by atoms with Crippen LogP contribution in [0, 0.1) is 0 Å². The van der Waals surface area contributed by atoms with Crippen LogP contribution >= 0.6 is 11.6 Å². The average Bonchev–Trinajstić information content (AvgIpc) is 3.39. The molecular formula is C32H40ClN7O4. The third kappa shape index (κ3) is 7.46. The Labute approximate surface area is 263 Å². The lowest BCUT2D eigenvalue weighted by Gasteiger charge is -2.29. The Hall–Kier alpha value is -3.80. The number of nitrogens with one attached hydrogen (secondary N) is 1. The van der Waals surface area contributed by atoms with Crippen molar-refractivity contribution >= 4 is 47.0 Å². The quantitative estimate of drug-likeness (QED) is 0.339. The zero-order valence-electron chi connectivity index (χ0n) is 25.5. The maximum absolute atomic E-state index is 13.4. The summed E-state index contributed by atoms with van der Waals surface area (Å²) in [5, 5.41) is 3.32. The van der Waals surface area contributed by atoms with Crippen LogP contribution in [0.1, 0.15) is 66.7 Å². The number of pyridine rings is 1. The Bertz CT molecular complexity index is 1460. The number of nitrogens with zero attached hydrogens (tertiary/aromatic N) is 5. The van der Waals surface area contributed by atoms with Crippen LogP contribution in [-0.2, 0) is 20.8 Å². The number of benzene rings is 1. The van der Waals surface area contributed by atoms with Gasteiger partial charge in [0, 0.05) is 50.8 Å². The van der Waals surface area contributed by atoms with Crippen molar-refractivity contribution < 1.29 is 19.1 Å². The Morgan fingerprint density at radius 2 is 1.86 bits per heavy atom. The summed E-state index contributed by atoms with van der Waals surface area (Å²) in [4.78, 5) is 44.0. The first kappa shape index (κ1) is 31.6. The fourth-order valence-electron chi connectivity index (χ4n) is 5.50. The summed E-state index contributed by atoms with van der Waals surface area (Å²) in [5.41, 5.74) is 9.53. The Kier molecular flexibility index (Phi) is 10.3. The molecule has 44 heavy (non-hydrogen) atoms. The highest BCUT2D eigenvalue weighted by Gasteiger charge is 2.34. The number of aliphatic imine (C=N–C) groups is 2. The largest absolute Gasteiger partial charge is 0.397 e. The molecule has 5 rings (SSSR count). The first-order valence-electron chi connectivity index (χ1n) is 15.1. The molecule has 2 aromatic rings. The van der Waals surface area contributed by atoms with Gasteiger partial charge in [0.15, 0.2) is 0 Å². The van der Waals surface area contributed by atoms with Crippen LogP contribution < -0.4 is 16.0 Å². The van der Waals surface area contributed by atoms with E-state index in [-0.39, 0.29) is 28.9 Å². The number of rotatable bonds is 8. The lowest BCUT2D eigenvalue weighted by atomic mass is 10.0. The molecule has 2 fully saturated rings. The van der Waals surface area contributed by atoms with Gasteiger partial charge in [-0.1, -0.05) is 23.7 Å². The van der Waals surface area contributed by atoms with Crippen molar-refractivity contribution in [1.82, 2.24) is 15.2 Å². The van der Waals surface area contributed by atoms with Crippen LogP contribution in [0.4, 0.5) is 5.82 Å². The first-order valence-corrected chi connectivity index (χ1v) is 15.4. The number of hydrogen-bond donors (Lipinski definition) is 2. The normalized spacial score (nSPS) is 20.0. The number of nitrogens with two attached hydrogens (primary N) is 1. The van der Waals surface area contributed by atoms with Crippen LogP contribution in [0.15, 0.2) is 51.5 Å². The van der Waals surface area contributed by atoms with E-state index in [1.54, 1.807) is 24.1 Å². The highest BCUT2D eigenvalue weighted by atomic mass is 35.5. The van der Waals surface area contributed by atoms with Gasteiger partial charge in [0.2, 0.25) is 5.91 Å². The van der Waals surface area contributed by atoms with Crippen LogP contribution in [0.25, 0.3) is 5.70 Å². The summed E-state index contributed by atoms with van der Waals surface area (Å²) in [6.45, 7) is 10.1. The maximum Gasteiger partial charge on any atom is 0.255 e. The number of morpholine rings is 1. The smallest absolute Gasteiger partial charge is 0.255 e. The fourth-order valence-corrected chi connectivity index (χ4v) is 5.66. The maximum atomic E-state index is 13.4. The fraction of sp³-hybridized carbons (Fsp3) is 0.469. The van der Waals surface area contributed by atoms with Gasteiger partial charge >= 0.3 is 0 Å². The van der Waals surface area contributed by atoms with Gasteiger partial charge in [-0.3, -0.25) is 14.6 Å². The summed E-state index contributed by atoms with van der Waals surface area (Å²) in [6.07, 6.45) is 4.99. The number of carbonyl (C=O) groups is 2. The van der Waals surface area contributed by atoms with Crippen molar-refractivity contribution in [3.8, 4) is 0 Å². The molecule has 1 aromatic heterocycles. The second kappa shape index (κ2) is 14.3. The molecule has 0 radical (unpaired) electrons. The van der Waals surface area contributed by atoms with Crippen molar-refractivity contribution in [1.29, 1.82) is 0 Å². The van der Waals surface area contributed by atoms with Gasteiger partial charge in [0.05, 0.1) is 36.0 Å². The summed E-state index contributed by atoms with van der Waals surface area (Å²) in [5.74, 6) is 1.01. The molecule has 0 bridgehead atoms. The van der Waals surface area contributed by atoms with Gasteiger partial charge in [0.25, 0.3) is 5.91 Å². The summed E-state index contributed by atoms with van der Waals surface area (Å²) >= 11 is 6.48. The van der Waals surface area contributed by atoms with E-state index < -0.39 is 6.04 Å². The van der Waals surface area contributed by atoms with Crippen LogP contribution in [0.5, 0.6) is 0 Å². The van der Waals surface area contributed by atoms with E-state index in [4.69, 9.17) is 26.8 Å². The molecule has 11 nitrogen and oxygen atoms in total. The number of carbonyl (C=O) groups excluding carboxylic acids is 2. The van der Waals surface area contributed by atoms with Crippen molar-refractivity contribution in [3.05, 3.63) is 63.8 Å². The van der Waals surface area contributed by atoms with Crippen LogP contribution in [-0.4, -0.2) is 85.3 Å². The minimum Gasteiger partial charge on any atom is -0.397 e. The molecule has 0 spiro atoms. The third-order valence-corrected chi connectivity index (χ3v) is 8.55. The zero-order valence-corrected chi connectivity index (χ0v) is 26.2. The van der Waals surface area contributed by atoms with Gasteiger partial charge in [-0.2, -0.15) is 0 Å². The molecule has 3 aliphatic rings. The van der Waals surface area contributed by atoms with Gasteiger partial charge in [-0.25, -0.2) is 9.98 Å². The monoisotopic (exact) mass is 621 g/mol. The standard InChI is InChI=1S/C32H40ClN7O4/c1-20(23-6-9-35-29(17-23)39-10-14-44-15-11-39)37-31(41)21(2)40-19-25-5-4-24(16-27(25)32(40)42)30(34)28(33)18-36-22(3)38-26-7-12-43-13-8-26/h4-6,9,16-18,20-21,26H,7-8,10-15,19,34H2,1-3H3,(H,37,41)/t20-,21-/m1/s1. The Balaban J connectivity index is 1.22. The predicted octanol–water partition coefficient (Wildman–Crippen LogP) is 3.67. The molecule has 0 saturated carbocycles. The Morgan fingerprint density at radius 1 is 1.14 bits per heavy atom. The molecule has 4 heterocycles. The summed E-state index contributed by atoms with van der Waals surface area (Å²) in [7, 11) is 0. The van der Waals surface area contributed by atoms with E-state index >= 15 is 0 Å². The number of anilines is 1. The molecule has 1 aromatic carbocycles.